The van der Waals surface area contributed by atoms with E-state index in [1.54, 1.807) is 0 Å². The van der Waals surface area contributed by atoms with E-state index in [1.165, 1.54) is 45.1 Å². The normalized spacial score (nSPS) is 43.6. The molecule has 0 bridgehead atoms. The molecule has 0 aromatic heterocycles. The third kappa shape index (κ3) is 3.05. The molecule has 116 valence electrons. The van der Waals surface area contributed by atoms with Crippen LogP contribution in [0, 0.1) is 5.92 Å². The number of likely N-dealkylation sites (tertiary alicyclic amines) is 1. The summed E-state index contributed by atoms with van der Waals surface area (Å²) in [5, 5.41) is 13.7. The van der Waals surface area contributed by atoms with Crippen LogP contribution in [0.2, 0.25) is 0 Å². The Kier molecular flexibility index (Phi) is 4.40. The molecule has 2 saturated carbocycles. The summed E-state index contributed by atoms with van der Waals surface area (Å²) < 4.78 is 0. The van der Waals surface area contributed by atoms with Crippen LogP contribution in [0.3, 0.4) is 0 Å². The molecule has 0 amide bonds. The van der Waals surface area contributed by atoms with Gasteiger partial charge in [-0.3, -0.25) is 4.90 Å². The highest BCUT2D eigenvalue weighted by Crippen LogP contribution is 2.37. The zero-order valence-electron chi connectivity index (χ0n) is 13.3. The lowest BCUT2D eigenvalue weighted by atomic mass is 9.77. The van der Waals surface area contributed by atoms with E-state index < -0.39 is 0 Å². The van der Waals surface area contributed by atoms with Gasteiger partial charge in [-0.15, -0.1) is 0 Å². The van der Waals surface area contributed by atoms with Crippen LogP contribution in [0.15, 0.2) is 0 Å². The molecular formula is C17H32N2O. The van der Waals surface area contributed by atoms with Gasteiger partial charge in [0.1, 0.15) is 0 Å². The first-order chi connectivity index (χ1) is 9.63. The van der Waals surface area contributed by atoms with E-state index in [2.05, 4.69) is 24.1 Å². The maximum absolute atomic E-state index is 9.97. The van der Waals surface area contributed by atoms with Crippen molar-refractivity contribution in [2.24, 2.45) is 5.92 Å². The Hall–Kier alpha value is -0.120. The largest absolute Gasteiger partial charge is 0.394 e. The maximum Gasteiger partial charge on any atom is 0.0613 e. The zero-order valence-corrected chi connectivity index (χ0v) is 13.3. The van der Waals surface area contributed by atoms with Gasteiger partial charge >= 0.3 is 0 Å². The zero-order chi connectivity index (χ0) is 14.2. The van der Waals surface area contributed by atoms with Gasteiger partial charge in [-0.05, 0) is 70.8 Å². The molecule has 2 N–H and O–H groups in total. The molecule has 1 saturated heterocycles. The van der Waals surface area contributed by atoms with Crippen molar-refractivity contribution in [3.05, 3.63) is 0 Å². The molecule has 3 aliphatic rings. The van der Waals surface area contributed by atoms with E-state index in [9.17, 15) is 5.11 Å². The average Bonchev–Trinajstić information content (AvgIpc) is 3.26. The lowest BCUT2D eigenvalue weighted by Gasteiger charge is -2.49. The van der Waals surface area contributed by atoms with Crippen molar-refractivity contribution in [3.8, 4) is 0 Å². The summed E-state index contributed by atoms with van der Waals surface area (Å²) in [6.07, 6.45) is 10.3. The van der Waals surface area contributed by atoms with Crippen LogP contribution in [0.25, 0.3) is 0 Å². The minimum atomic E-state index is 0.0183. The molecule has 4 atom stereocenters. The number of rotatable bonds is 4. The Morgan fingerprint density at radius 2 is 1.95 bits per heavy atom. The smallest absolute Gasteiger partial charge is 0.0613 e. The summed E-state index contributed by atoms with van der Waals surface area (Å²) >= 11 is 0. The van der Waals surface area contributed by atoms with E-state index in [0.29, 0.717) is 24.7 Å². The standard InChI is InChI=1S/C17H32N2O/c1-13-5-4-10-19(14(13)2)16-6-3-9-17(11-16,12-20)18-15-7-8-15/h13-16,18,20H,3-12H2,1-2H3. The fraction of sp³-hybridized carbons (Fsp3) is 1.00. The van der Waals surface area contributed by atoms with Crippen molar-refractivity contribution in [2.75, 3.05) is 13.2 Å². The van der Waals surface area contributed by atoms with Crippen LogP contribution in [0.5, 0.6) is 0 Å². The van der Waals surface area contributed by atoms with Gasteiger partial charge in [0.05, 0.1) is 6.61 Å². The fourth-order valence-electron chi connectivity index (χ4n) is 4.48. The molecule has 4 unspecified atom stereocenters. The van der Waals surface area contributed by atoms with Gasteiger partial charge in [-0.2, -0.15) is 0 Å². The summed E-state index contributed by atoms with van der Waals surface area (Å²) in [7, 11) is 0. The predicted molar refractivity (Wildman–Crippen MR) is 82.8 cm³/mol. The van der Waals surface area contributed by atoms with E-state index >= 15 is 0 Å². The second kappa shape index (κ2) is 5.94. The summed E-state index contributed by atoms with van der Waals surface area (Å²) in [4.78, 5) is 2.76. The van der Waals surface area contributed by atoms with Crippen LogP contribution < -0.4 is 5.32 Å². The first kappa shape index (κ1) is 14.8. The van der Waals surface area contributed by atoms with Crippen LogP contribution in [-0.4, -0.2) is 46.8 Å². The number of piperidine rings is 1. The molecule has 0 aromatic rings. The molecule has 3 fully saturated rings. The number of hydrogen-bond acceptors (Lipinski definition) is 3. The first-order valence-corrected chi connectivity index (χ1v) is 8.78. The fourth-order valence-corrected chi connectivity index (χ4v) is 4.48. The lowest BCUT2D eigenvalue weighted by molar-refractivity contribution is 0.0106. The van der Waals surface area contributed by atoms with Crippen LogP contribution in [-0.2, 0) is 0 Å². The lowest BCUT2D eigenvalue weighted by Crippen LogP contribution is -2.59. The Morgan fingerprint density at radius 3 is 2.65 bits per heavy atom. The van der Waals surface area contributed by atoms with Gasteiger partial charge in [-0.25, -0.2) is 0 Å². The molecule has 0 spiro atoms. The SMILES string of the molecule is CC1CCCN(C2CCCC(CO)(NC3CC3)C2)C1C. The highest BCUT2D eigenvalue weighted by atomic mass is 16.3. The Balaban J connectivity index is 1.66. The molecule has 3 nitrogen and oxygen atoms in total. The van der Waals surface area contributed by atoms with Gasteiger partial charge in [-0.1, -0.05) is 6.92 Å². The molecule has 3 rings (SSSR count). The number of aliphatic hydroxyl groups excluding tert-OH is 1. The molecule has 0 aromatic carbocycles. The predicted octanol–water partition coefficient (Wildman–Crippen LogP) is 2.53. The van der Waals surface area contributed by atoms with Gasteiger partial charge < -0.3 is 10.4 Å². The van der Waals surface area contributed by atoms with Gasteiger partial charge in [0.15, 0.2) is 0 Å². The van der Waals surface area contributed by atoms with Gasteiger partial charge in [0.25, 0.3) is 0 Å². The Labute approximate surface area is 124 Å². The molecule has 1 heterocycles. The first-order valence-electron chi connectivity index (χ1n) is 8.78. The van der Waals surface area contributed by atoms with Crippen LogP contribution >= 0.6 is 0 Å². The van der Waals surface area contributed by atoms with Crippen molar-refractivity contribution in [1.82, 2.24) is 10.2 Å². The van der Waals surface area contributed by atoms with Crippen molar-refractivity contribution < 1.29 is 5.11 Å². The highest BCUT2D eigenvalue weighted by molar-refractivity contribution is 5.01. The monoisotopic (exact) mass is 280 g/mol. The highest BCUT2D eigenvalue weighted by Gasteiger charge is 2.42. The summed E-state index contributed by atoms with van der Waals surface area (Å²) in [6, 6.07) is 2.09. The number of hydrogen-bond donors (Lipinski definition) is 2. The van der Waals surface area contributed by atoms with Crippen molar-refractivity contribution in [1.29, 1.82) is 0 Å². The second-order valence-corrected chi connectivity index (χ2v) is 7.71. The third-order valence-corrected chi connectivity index (χ3v) is 6.10. The maximum atomic E-state index is 9.97. The van der Waals surface area contributed by atoms with Crippen molar-refractivity contribution >= 4 is 0 Å². The molecule has 1 aliphatic heterocycles. The average molecular weight is 280 g/mol. The summed E-state index contributed by atoms with van der Waals surface area (Å²) in [5.74, 6) is 0.825. The number of nitrogens with one attached hydrogen (secondary N) is 1. The molecule has 20 heavy (non-hydrogen) atoms. The van der Waals surface area contributed by atoms with Crippen molar-refractivity contribution in [2.45, 2.75) is 88.9 Å². The van der Waals surface area contributed by atoms with Crippen LogP contribution in [0.1, 0.15) is 65.2 Å². The van der Waals surface area contributed by atoms with Gasteiger partial charge in [0.2, 0.25) is 0 Å². The van der Waals surface area contributed by atoms with E-state index in [-0.39, 0.29) is 5.54 Å². The van der Waals surface area contributed by atoms with E-state index in [1.807, 2.05) is 0 Å². The Morgan fingerprint density at radius 1 is 1.15 bits per heavy atom. The molecular weight excluding hydrogens is 248 g/mol. The quantitative estimate of drug-likeness (QED) is 0.830. The number of nitrogens with zero attached hydrogens (tertiary/aromatic N) is 1. The molecule has 2 aliphatic carbocycles. The molecule has 3 heteroatoms. The topological polar surface area (TPSA) is 35.5 Å². The van der Waals surface area contributed by atoms with Crippen molar-refractivity contribution in [3.63, 3.8) is 0 Å². The second-order valence-electron chi connectivity index (χ2n) is 7.71. The van der Waals surface area contributed by atoms with Crippen LogP contribution in [0.4, 0.5) is 0 Å². The minimum Gasteiger partial charge on any atom is -0.394 e. The number of aliphatic hydroxyl groups is 1. The molecule has 0 radical (unpaired) electrons. The summed E-state index contributed by atoms with van der Waals surface area (Å²) in [6.45, 7) is 6.40. The summed E-state index contributed by atoms with van der Waals surface area (Å²) in [5.41, 5.74) is 0.0183. The third-order valence-electron chi connectivity index (χ3n) is 6.10. The van der Waals surface area contributed by atoms with E-state index in [4.69, 9.17) is 0 Å². The Bertz CT molecular complexity index is 331. The van der Waals surface area contributed by atoms with Gasteiger partial charge in [0, 0.05) is 23.7 Å². The van der Waals surface area contributed by atoms with E-state index in [0.717, 1.165) is 18.8 Å². The minimum absolute atomic E-state index is 0.0183.